The summed E-state index contributed by atoms with van der Waals surface area (Å²) < 4.78 is 23.3. The summed E-state index contributed by atoms with van der Waals surface area (Å²) in [5.74, 6) is 0.988. The van der Waals surface area contributed by atoms with Crippen LogP contribution in [-0.2, 0) is 21.0 Å². The highest BCUT2D eigenvalue weighted by Gasteiger charge is 2.25. The van der Waals surface area contributed by atoms with E-state index in [1.165, 1.54) is 18.0 Å². The maximum absolute atomic E-state index is 12.9. The van der Waals surface area contributed by atoms with E-state index in [4.69, 9.17) is 18.9 Å². The molecular weight excluding hydrogens is 478 g/mol. The SMILES string of the molecule is CCCCOC(=O)N1CCC(CCOc2cc3ncn(COC(=O)C(C)(C)C)c(=O)c3cc2OC)CC1. The number of hydrogen-bond acceptors (Lipinski definition) is 8. The first-order valence-corrected chi connectivity index (χ1v) is 12.9. The van der Waals surface area contributed by atoms with Gasteiger partial charge in [-0.05, 0) is 58.4 Å². The molecule has 1 amide bonds. The summed E-state index contributed by atoms with van der Waals surface area (Å²) in [5.41, 5.74) is -0.536. The lowest BCUT2D eigenvalue weighted by Gasteiger charge is -2.31. The average Bonchev–Trinajstić information content (AvgIpc) is 2.87. The fraction of sp³-hybridized carbons (Fsp3) is 0.630. The van der Waals surface area contributed by atoms with Crippen molar-refractivity contribution in [1.82, 2.24) is 14.5 Å². The van der Waals surface area contributed by atoms with Crippen LogP contribution in [0.5, 0.6) is 11.5 Å². The third-order valence-corrected chi connectivity index (χ3v) is 6.44. The number of aromatic nitrogens is 2. The van der Waals surface area contributed by atoms with E-state index in [1.54, 1.807) is 37.8 Å². The monoisotopic (exact) mass is 517 g/mol. The molecule has 1 fully saturated rings. The average molecular weight is 518 g/mol. The number of hydrogen-bond donors (Lipinski definition) is 0. The molecule has 1 aliphatic rings. The van der Waals surface area contributed by atoms with Crippen LogP contribution in [-0.4, -0.2) is 59.9 Å². The van der Waals surface area contributed by atoms with E-state index in [0.29, 0.717) is 54.6 Å². The summed E-state index contributed by atoms with van der Waals surface area (Å²) in [7, 11) is 1.52. The normalized spacial score (nSPS) is 14.5. The smallest absolute Gasteiger partial charge is 0.409 e. The summed E-state index contributed by atoms with van der Waals surface area (Å²) in [6, 6.07) is 3.29. The van der Waals surface area contributed by atoms with Crippen molar-refractivity contribution in [1.29, 1.82) is 0 Å². The number of esters is 1. The minimum Gasteiger partial charge on any atom is -0.493 e. The third kappa shape index (κ3) is 7.60. The predicted octanol–water partition coefficient (Wildman–Crippen LogP) is 4.37. The van der Waals surface area contributed by atoms with Crippen LogP contribution in [0.3, 0.4) is 0 Å². The number of carbonyl (C=O) groups is 2. The van der Waals surface area contributed by atoms with E-state index in [9.17, 15) is 14.4 Å². The molecule has 10 nitrogen and oxygen atoms in total. The molecule has 1 aliphatic heterocycles. The summed E-state index contributed by atoms with van der Waals surface area (Å²) in [6.45, 7) is 9.43. The van der Waals surface area contributed by atoms with E-state index in [1.807, 2.05) is 0 Å². The standard InChI is InChI=1S/C27H39N3O7/c1-6-7-13-36-26(33)29-11-8-19(9-12-29)10-14-35-23-16-21-20(15-22(23)34-5)24(31)30(17-28-21)18-37-25(32)27(2,3)4/h15-17,19H,6-14,18H2,1-5H3. The number of benzene rings is 1. The van der Waals surface area contributed by atoms with Crippen molar-refractivity contribution in [3.63, 3.8) is 0 Å². The lowest BCUT2D eigenvalue weighted by molar-refractivity contribution is -0.157. The van der Waals surface area contributed by atoms with Gasteiger partial charge in [0.1, 0.15) is 6.33 Å². The zero-order chi connectivity index (χ0) is 27.0. The van der Waals surface area contributed by atoms with Crippen LogP contribution in [0.1, 0.15) is 59.8 Å². The Labute approximate surface area is 217 Å². The van der Waals surface area contributed by atoms with Crippen molar-refractivity contribution >= 4 is 23.0 Å². The number of piperidine rings is 1. The zero-order valence-corrected chi connectivity index (χ0v) is 22.6. The van der Waals surface area contributed by atoms with Gasteiger partial charge < -0.3 is 23.8 Å². The van der Waals surface area contributed by atoms with E-state index in [0.717, 1.165) is 32.1 Å². The molecule has 2 aromatic rings. The van der Waals surface area contributed by atoms with Gasteiger partial charge in [-0.1, -0.05) is 13.3 Å². The minimum absolute atomic E-state index is 0.215. The highest BCUT2D eigenvalue weighted by molar-refractivity contribution is 5.81. The Balaban J connectivity index is 1.56. The molecule has 37 heavy (non-hydrogen) atoms. The minimum atomic E-state index is -0.666. The third-order valence-electron chi connectivity index (χ3n) is 6.44. The van der Waals surface area contributed by atoms with Crippen LogP contribution in [0.15, 0.2) is 23.3 Å². The van der Waals surface area contributed by atoms with Gasteiger partial charge in [0.15, 0.2) is 18.2 Å². The number of fused-ring (bicyclic) bond motifs is 1. The molecule has 1 saturated heterocycles. The molecule has 0 unspecified atom stereocenters. The van der Waals surface area contributed by atoms with E-state index >= 15 is 0 Å². The Kier molecular flexibility index (Phi) is 9.77. The number of carbonyl (C=O) groups excluding carboxylic acids is 2. The van der Waals surface area contributed by atoms with Gasteiger partial charge in [-0.2, -0.15) is 0 Å². The topological polar surface area (TPSA) is 109 Å². The van der Waals surface area contributed by atoms with Gasteiger partial charge in [0.05, 0.1) is 36.6 Å². The number of likely N-dealkylation sites (tertiary alicyclic amines) is 1. The fourth-order valence-electron chi connectivity index (χ4n) is 4.01. The van der Waals surface area contributed by atoms with Crippen molar-refractivity contribution in [2.75, 3.05) is 33.4 Å². The zero-order valence-electron chi connectivity index (χ0n) is 22.6. The second-order valence-corrected chi connectivity index (χ2v) is 10.4. The Morgan fingerprint density at radius 1 is 1.08 bits per heavy atom. The van der Waals surface area contributed by atoms with Crippen molar-refractivity contribution in [2.24, 2.45) is 11.3 Å². The summed E-state index contributed by atoms with van der Waals surface area (Å²) in [4.78, 5) is 43.2. The number of ether oxygens (including phenoxy) is 4. The van der Waals surface area contributed by atoms with Crippen LogP contribution in [0.4, 0.5) is 4.79 Å². The number of amides is 1. The first-order valence-electron chi connectivity index (χ1n) is 12.9. The van der Waals surface area contributed by atoms with Crippen molar-refractivity contribution in [2.45, 2.75) is 66.5 Å². The van der Waals surface area contributed by atoms with Gasteiger partial charge in [0.2, 0.25) is 0 Å². The lowest BCUT2D eigenvalue weighted by atomic mass is 9.94. The molecule has 0 aliphatic carbocycles. The second kappa shape index (κ2) is 12.8. The molecule has 1 aromatic carbocycles. The van der Waals surface area contributed by atoms with Gasteiger partial charge >= 0.3 is 12.1 Å². The first-order chi connectivity index (χ1) is 17.6. The number of nitrogens with zero attached hydrogens (tertiary/aromatic N) is 3. The first kappa shape index (κ1) is 28.3. The van der Waals surface area contributed by atoms with E-state index < -0.39 is 11.4 Å². The van der Waals surface area contributed by atoms with Crippen molar-refractivity contribution < 1.29 is 28.5 Å². The molecule has 3 rings (SSSR count). The van der Waals surface area contributed by atoms with E-state index in [-0.39, 0.29) is 18.4 Å². The Hall–Kier alpha value is -3.30. The van der Waals surface area contributed by atoms with Gasteiger partial charge in [-0.15, -0.1) is 0 Å². The molecule has 1 aromatic heterocycles. The molecule has 204 valence electrons. The lowest BCUT2D eigenvalue weighted by Crippen LogP contribution is -2.39. The molecule has 0 N–H and O–H groups in total. The molecule has 0 radical (unpaired) electrons. The second-order valence-electron chi connectivity index (χ2n) is 10.4. The van der Waals surface area contributed by atoms with Crippen LogP contribution in [0.2, 0.25) is 0 Å². The quantitative estimate of drug-likeness (QED) is 0.338. The van der Waals surface area contributed by atoms with Gasteiger partial charge in [-0.25, -0.2) is 9.78 Å². The number of rotatable bonds is 10. The van der Waals surface area contributed by atoms with E-state index in [2.05, 4.69) is 11.9 Å². The number of unbranched alkanes of at least 4 members (excludes halogenated alkanes) is 1. The molecule has 2 heterocycles. The molecule has 10 heteroatoms. The Morgan fingerprint density at radius 3 is 2.46 bits per heavy atom. The summed E-state index contributed by atoms with van der Waals surface area (Å²) in [5, 5.41) is 0.344. The van der Waals surface area contributed by atoms with Gasteiger partial charge in [0, 0.05) is 19.2 Å². The molecule has 0 spiro atoms. The van der Waals surface area contributed by atoms with Crippen LogP contribution < -0.4 is 15.0 Å². The van der Waals surface area contributed by atoms with Crippen LogP contribution >= 0.6 is 0 Å². The summed E-state index contributed by atoms with van der Waals surface area (Å²) >= 11 is 0. The largest absolute Gasteiger partial charge is 0.493 e. The van der Waals surface area contributed by atoms with Crippen LogP contribution in [0, 0.1) is 11.3 Å². The molecule has 0 bridgehead atoms. The molecule has 0 saturated carbocycles. The maximum atomic E-state index is 12.9. The Bertz CT molecular complexity index is 1130. The van der Waals surface area contributed by atoms with Gasteiger partial charge in [0.25, 0.3) is 5.56 Å². The van der Waals surface area contributed by atoms with Gasteiger partial charge in [-0.3, -0.25) is 14.2 Å². The van der Waals surface area contributed by atoms with Crippen molar-refractivity contribution in [3.05, 3.63) is 28.8 Å². The Morgan fingerprint density at radius 2 is 1.81 bits per heavy atom. The highest BCUT2D eigenvalue weighted by Crippen LogP contribution is 2.31. The fourth-order valence-corrected chi connectivity index (χ4v) is 4.01. The number of methoxy groups -OCH3 is 1. The molecule has 0 atom stereocenters. The highest BCUT2D eigenvalue weighted by atomic mass is 16.6. The molecular formula is C27H39N3O7. The van der Waals surface area contributed by atoms with Crippen molar-refractivity contribution in [3.8, 4) is 11.5 Å². The van der Waals surface area contributed by atoms with Crippen LogP contribution in [0.25, 0.3) is 10.9 Å². The maximum Gasteiger partial charge on any atom is 0.409 e. The predicted molar refractivity (Wildman–Crippen MR) is 139 cm³/mol. The summed E-state index contributed by atoms with van der Waals surface area (Å²) in [6.07, 6.45) is 5.68.